The summed E-state index contributed by atoms with van der Waals surface area (Å²) in [6, 6.07) is 5.18. The number of nitrogens with zero attached hydrogens (tertiary/aromatic N) is 6. The smallest absolute Gasteiger partial charge is 0.372 e. The van der Waals surface area contributed by atoms with Crippen molar-refractivity contribution in [3.63, 3.8) is 0 Å². The second-order valence-electron chi connectivity index (χ2n) is 10.6. The largest absolute Gasteiger partial charge is 0.419 e. The molecule has 4 rings (SSSR count). The summed E-state index contributed by atoms with van der Waals surface area (Å²) in [5.41, 5.74) is -0.394. The average Bonchev–Trinajstić information content (AvgIpc) is 3.36. The van der Waals surface area contributed by atoms with Gasteiger partial charge in [0, 0.05) is 56.4 Å². The molecule has 1 fully saturated rings. The molecule has 214 valence electrons. The Morgan fingerprint density at radius 3 is 2.50 bits per heavy atom. The number of hydrogen-bond acceptors (Lipinski definition) is 7. The van der Waals surface area contributed by atoms with Gasteiger partial charge in [0.2, 0.25) is 0 Å². The number of alkyl halides is 3. The van der Waals surface area contributed by atoms with Crippen LogP contribution >= 0.6 is 0 Å². The molecule has 0 unspecified atom stereocenters. The van der Waals surface area contributed by atoms with Crippen LogP contribution < -0.4 is 15.5 Å². The minimum absolute atomic E-state index is 0.0443. The van der Waals surface area contributed by atoms with E-state index in [-0.39, 0.29) is 17.0 Å². The van der Waals surface area contributed by atoms with Gasteiger partial charge in [-0.25, -0.2) is 19.3 Å². The zero-order valence-electron chi connectivity index (χ0n) is 23.1. The second kappa shape index (κ2) is 11.8. The number of nitriles is 1. The number of benzene rings is 1. The highest BCUT2D eigenvalue weighted by molar-refractivity contribution is 5.65. The van der Waals surface area contributed by atoms with Crippen molar-refractivity contribution < 1.29 is 17.6 Å². The van der Waals surface area contributed by atoms with E-state index in [1.807, 2.05) is 9.47 Å². The van der Waals surface area contributed by atoms with Crippen LogP contribution in [-0.2, 0) is 12.7 Å². The van der Waals surface area contributed by atoms with Crippen LogP contribution in [0, 0.1) is 17.1 Å². The first-order valence-corrected chi connectivity index (χ1v) is 13.3. The summed E-state index contributed by atoms with van der Waals surface area (Å²) >= 11 is 0. The van der Waals surface area contributed by atoms with Gasteiger partial charge in [-0.15, -0.1) is 0 Å². The van der Waals surface area contributed by atoms with Gasteiger partial charge in [-0.3, -0.25) is 0 Å². The van der Waals surface area contributed by atoms with E-state index in [1.54, 1.807) is 13.2 Å². The summed E-state index contributed by atoms with van der Waals surface area (Å²) in [4.78, 5) is 15.3. The summed E-state index contributed by atoms with van der Waals surface area (Å²) < 4.78 is 56.1. The maximum Gasteiger partial charge on any atom is 0.419 e. The second-order valence-corrected chi connectivity index (χ2v) is 10.6. The average molecular weight is 559 g/mol. The van der Waals surface area contributed by atoms with E-state index in [2.05, 4.69) is 47.4 Å². The van der Waals surface area contributed by atoms with Gasteiger partial charge < -0.3 is 20.1 Å². The Hall–Kier alpha value is -3.72. The van der Waals surface area contributed by atoms with Crippen molar-refractivity contribution in [1.29, 1.82) is 5.26 Å². The highest BCUT2D eigenvalue weighted by Crippen LogP contribution is 2.36. The molecule has 3 heterocycles. The molecule has 0 radical (unpaired) electrons. The van der Waals surface area contributed by atoms with Crippen LogP contribution in [0.3, 0.4) is 0 Å². The van der Waals surface area contributed by atoms with Gasteiger partial charge in [0.05, 0.1) is 11.3 Å². The quantitative estimate of drug-likeness (QED) is 0.332. The number of aromatic nitrogens is 4. The predicted molar refractivity (Wildman–Crippen MR) is 145 cm³/mol. The topological polar surface area (TPSA) is 94.7 Å². The number of rotatable bonds is 9. The Labute approximate surface area is 231 Å². The Balaban J connectivity index is 1.61. The predicted octanol–water partition coefficient (Wildman–Crippen LogP) is 5.57. The molecule has 1 aliphatic heterocycles. The molecule has 0 bridgehead atoms. The van der Waals surface area contributed by atoms with Crippen molar-refractivity contribution in [2.45, 2.75) is 64.2 Å². The maximum atomic E-state index is 14.0. The first-order valence-electron chi connectivity index (χ1n) is 13.3. The molecule has 12 heteroatoms. The maximum absolute atomic E-state index is 14.0. The molecule has 1 saturated heterocycles. The Morgan fingerprint density at radius 2 is 1.88 bits per heavy atom. The number of halogens is 4. The van der Waals surface area contributed by atoms with E-state index in [1.165, 1.54) is 12.4 Å². The summed E-state index contributed by atoms with van der Waals surface area (Å²) in [5.74, 6) is 0.555. The number of nitrogens with one attached hydrogen (secondary N) is 2. The van der Waals surface area contributed by atoms with Crippen molar-refractivity contribution in [1.82, 2.24) is 24.8 Å². The lowest BCUT2D eigenvalue weighted by Crippen LogP contribution is -2.40. The standard InChI is InChI=1S/C28H34F4N8/c1-5-27(2,3)37-10-13-40-16-23(19-6-7-22(29)21(14-19)28(30,31)32)38-25(40)18-8-11-39(12-9-18)26-20(15-33)24(34-4)35-17-36-26/h6-7,14,16-18,37H,5,8-13H2,1-4H3,(H,34,35,36). The molecule has 2 N–H and O–H groups in total. The number of piperidine rings is 1. The molecular formula is C28H34F4N8. The minimum atomic E-state index is -4.80. The van der Waals surface area contributed by atoms with E-state index in [9.17, 15) is 22.8 Å². The molecular weight excluding hydrogens is 524 g/mol. The minimum Gasteiger partial charge on any atom is -0.372 e. The molecule has 0 amide bonds. The summed E-state index contributed by atoms with van der Waals surface area (Å²) in [6.07, 6.45) is 0.746. The molecule has 1 aliphatic rings. The van der Waals surface area contributed by atoms with Crippen molar-refractivity contribution in [3.05, 3.63) is 53.5 Å². The fourth-order valence-electron chi connectivity index (χ4n) is 4.87. The Kier molecular flexibility index (Phi) is 8.63. The summed E-state index contributed by atoms with van der Waals surface area (Å²) in [6.45, 7) is 8.80. The zero-order chi connectivity index (χ0) is 29.1. The van der Waals surface area contributed by atoms with Crippen LogP contribution in [0.1, 0.15) is 62.9 Å². The molecule has 2 aromatic heterocycles. The Morgan fingerprint density at radius 1 is 1.15 bits per heavy atom. The monoisotopic (exact) mass is 558 g/mol. The van der Waals surface area contributed by atoms with Crippen LogP contribution in [0.4, 0.5) is 29.2 Å². The molecule has 0 aliphatic carbocycles. The highest BCUT2D eigenvalue weighted by atomic mass is 19.4. The van der Waals surface area contributed by atoms with Crippen LogP contribution in [-0.4, -0.2) is 51.7 Å². The van der Waals surface area contributed by atoms with Gasteiger partial charge in [0.1, 0.15) is 35.4 Å². The van der Waals surface area contributed by atoms with Crippen LogP contribution in [0.15, 0.2) is 30.7 Å². The summed E-state index contributed by atoms with van der Waals surface area (Å²) in [7, 11) is 1.70. The van der Waals surface area contributed by atoms with Crippen LogP contribution in [0.2, 0.25) is 0 Å². The van der Waals surface area contributed by atoms with Crippen molar-refractivity contribution in [2.75, 3.05) is 36.9 Å². The van der Waals surface area contributed by atoms with Gasteiger partial charge in [-0.2, -0.15) is 18.4 Å². The molecule has 0 atom stereocenters. The third-order valence-corrected chi connectivity index (χ3v) is 7.55. The van der Waals surface area contributed by atoms with E-state index in [0.717, 1.165) is 24.4 Å². The molecule has 40 heavy (non-hydrogen) atoms. The zero-order valence-corrected chi connectivity index (χ0v) is 23.1. The van der Waals surface area contributed by atoms with Gasteiger partial charge in [-0.05, 0) is 51.3 Å². The molecule has 0 saturated carbocycles. The SMILES string of the molecule is CCC(C)(C)NCCn1cc(-c2ccc(F)c(C(F)(F)F)c2)nc1C1CCN(c2ncnc(NC)c2C#N)CC1. The van der Waals surface area contributed by atoms with Crippen LogP contribution in [0.25, 0.3) is 11.3 Å². The van der Waals surface area contributed by atoms with Gasteiger partial charge in [0.15, 0.2) is 5.82 Å². The summed E-state index contributed by atoms with van der Waals surface area (Å²) in [5, 5.41) is 16.1. The van der Waals surface area contributed by atoms with Crippen molar-refractivity contribution in [3.8, 4) is 17.3 Å². The van der Waals surface area contributed by atoms with E-state index in [0.29, 0.717) is 61.9 Å². The number of imidazole rings is 1. The third-order valence-electron chi connectivity index (χ3n) is 7.55. The lowest BCUT2D eigenvalue weighted by atomic mass is 9.95. The normalized spacial score (nSPS) is 14.8. The van der Waals surface area contributed by atoms with Crippen molar-refractivity contribution in [2.24, 2.45) is 0 Å². The highest BCUT2D eigenvalue weighted by Gasteiger charge is 2.35. The van der Waals surface area contributed by atoms with Gasteiger partial charge in [0.25, 0.3) is 0 Å². The molecule has 3 aromatic rings. The number of anilines is 2. The fraction of sp³-hybridized carbons (Fsp3) is 0.500. The first kappa shape index (κ1) is 29.3. The van der Waals surface area contributed by atoms with Gasteiger partial charge >= 0.3 is 6.18 Å². The van der Waals surface area contributed by atoms with Crippen LogP contribution in [0.5, 0.6) is 0 Å². The lowest BCUT2D eigenvalue weighted by molar-refractivity contribution is -0.139. The first-order chi connectivity index (χ1) is 19.0. The number of hydrogen-bond donors (Lipinski definition) is 2. The Bertz CT molecular complexity index is 1370. The molecule has 0 spiro atoms. The third kappa shape index (κ3) is 6.36. The van der Waals surface area contributed by atoms with Crippen molar-refractivity contribution >= 4 is 11.6 Å². The fourth-order valence-corrected chi connectivity index (χ4v) is 4.87. The van der Waals surface area contributed by atoms with E-state index < -0.39 is 17.6 Å². The van der Waals surface area contributed by atoms with E-state index >= 15 is 0 Å². The lowest BCUT2D eigenvalue weighted by Gasteiger charge is -2.33. The molecule has 1 aromatic carbocycles. The molecule has 8 nitrogen and oxygen atoms in total. The van der Waals surface area contributed by atoms with E-state index in [4.69, 9.17) is 4.98 Å². The van der Waals surface area contributed by atoms with Gasteiger partial charge in [-0.1, -0.05) is 6.92 Å².